The summed E-state index contributed by atoms with van der Waals surface area (Å²) in [6.45, 7) is 3.89. The molecule has 2 unspecified atom stereocenters. The fourth-order valence-corrected chi connectivity index (χ4v) is 5.06. The molecule has 2 aliphatic rings. The van der Waals surface area contributed by atoms with Crippen molar-refractivity contribution in [1.29, 1.82) is 0 Å². The zero-order valence-corrected chi connectivity index (χ0v) is 13.4. The molecule has 0 aromatic carbocycles. The SMILES string of the molecule is CC1(C)C2CCC1(CS(=O)(=O)O)C(=O)C2.Fc1cccnc1. The van der Waals surface area contributed by atoms with Crippen LogP contribution in [0.15, 0.2) is 24.5 Å². The van der Waals surface area contributed by atoms with Crippen LogP contribution in [0.25, 0.3) is 0 Å². The smallest absolute Gasteiger partial charge is 0.265 e. The van der Waals surface area contributed by atoms with Crippen LogP contribution in [0, 0.1) is 22.6 Å². The monoisotopic (exact) mass is 329 g/mol. The van der Waals surface area contributed by atoms with E-state index in [9.17, 15) is 17.6 Å². The van der Waals surface area contributed by atoms with Gasteiger partial charge in [0.1, 0.15) is 11.6 Å². The van der Waals surface area contributed by atoms with Crippen LogP contribution in [-0.4, -0.2) is 29.5 Å². The van der Waals surface area contributed by atoms with Crippen LogP contribution in [0.2, 0.25) is 0 Å². The molecule has 0 amide bonds. The second-order valence-corrected chi connectivity index (χ2v) is 8.02. The zero-order valence-electron chi connectivity index (χ0n) is 12.6. The van der Waals surface area contributed by atoms with E-state index in [4.69, 9.17) is 4.55 Å². The largest absolute Gasteiger partial charge is 0.299 e. The molecule has 7 heteroatoms. The van der Waals surface area contributed by atoms with Gasteiger partial charge in [0.15, 0.2) is 0 Å². The highest BCUT2D eigenvalue weighted by molar-refractivity contribution is 7.85. The number of Topliss-reactive ketones (excluding diaryl/α,β-unsaturated/α-hetero) is 1. The predicted molar refractivity (Wildman–Crippen MR) is 79.2 cm³/mol. The number of pyridine rings is 1. The fourth-order valence-electron chi connectivity index (χ4n) is 3.76. The molecular weight excluding hydrogens is 309 g/mol. The van der Waals surface area contributed by atoms with Crippen molar-refractivity contribution < 1.29 is 22.2 Å². The molecule has 1 aromatic heterocycles. The summed E-state index contributed by atoms with van der Waals surface area (Å²) in [5, 5.41) is 0. The van der Waals surface area contributed by atoms with E-state index in [-0.39, 0.29) is 22.9 Å². The van der Waals surface area contributed by atoms with Crippen molar-refractivity contribution in [3.05, 3.63) is 30.3 Å². The number of hydrogen-bond acceptors (Lipinski definition) is 4. The molecule has 2 atom stereocenters. The molecule has 2 bridgehead atoms. The molecule has 2 fully saturated rings. The van der Waals surface area contributed by atoms with Gasteiger partial charge in [0, 0.05) is 12.6 Å². The van der Waals surface area contributed by atoms with Crippen molar-refractivity contribution in [2.75, 3.05) is 5.75 Å². The highest BCUT2D eigenvalue weighted by Crippen LogP contribution is 2.64. The molecule has 2 saturated carbocycles. The van der Waals surface area contributed by atoms with Crippen LogP contribution in [0.1, 0.15) is 33.1 Å². The third-order valence-corrected chi connectivity index (χ3v) is 6.05. The minimum atomic E-state index is -4.08. The number of aromatic nitrogens is 1. The summed E-state index contributed by atoms with van der Waals surface area (Å²) >= 11 is 0. The lowest BCUT2D eigenvalue weighted by molar-refractivity contribution is -0.128. The topological polar surface area (TPSA) is 84.3 Å². The lowest BCUT2D eigenvalue weighted by Crippen LogP contribution is -2.42. The molecule has 0 spiro atoms. The van der Waals surface area contributed by atoms with Gasteiger partial charge in [-0.2, -0.15) is 8.42 Å². The van der Waals surface area contributed by atoms with Gasteiger partial charge in [-0.25, -0.2) is 4.39 Å². The van der Waals surface area contributed by atoms with Crippen molar-refractivity contribution in [2.24, 2.45) is 16.7 Å². The van der Waals surface area contributed by atoms with Crippen LogP contribution in [0.4, 0.5) is 4.39 Å². The number of ketones is 1. The Balaban J connectivity index is 0.000000211. The first-order valence-electron chi connectivity index (χ1n) is 7.12. The van der Waals surface area contributed by atoms with Crippen LogP contribution < -0.4 is 0 Å². The number of carbonyl (C=O) groups is 1. The number of rotatable bonds is 2. The number of nitrogens with zero attached hydrogens (tertiary/aromatic N) is 1. The second-order valence-electron chi connectivity index (χ2n) is 6.56. The second kappa shape index (κ2) is 5.70. The Bertz CT molecular complexity index is 659. The van der Waals surface area contributed by atoms with Crippen molar-refractivity contribution in [1.82, 2.24) is 4.98 Å². The quantitative estimate of drug-likeness (QED) is 0.843. The Morgan fingerprint density at radius 3 is 2.45 bits per heavy atom. The molecular formula is C15H20FNO4S. The van der Waals surface area contributed by atoms with E-state index in [0.717, 1.165) is 6.42 Å². The molecule has 2 aliphatic carbocycles. The zero-order chi connectivity index (χ0) is 16.6. The summed E-state index contributed by atoms with van der Waals surface area (Å²) < 4.78 is 42.8. The van der Waals surface area contributed by atoms with E-state index in [1.54, 1.807) is 6.07 Å². The van der Waals surface area contributed by atoms with Crippen molar-refractivity contribution >= 4 is 15.9 Å². The standard InChI is InChI=1S/C10H16O4S.C5H4FN/c1-9(2)7-3-4-10(9,8(11)5-7)6-15(12,13)14;6-5-2-1-3-7-4-5/h7H,3-6H2,1-2H3,(H,12,13,14);1-4H. The summed E-state index contributed by atoms with van der Waals surface area (Å²) in [6.07, 6.45) is 4.67. The Hall–Kier alpha value is -1.34. The van der Waals surface area contributed by atoms with Crippen LogP contribution >= 0.6 is 0 Å². The molecule has 1 heterocycles. The Morgan fingerprint density at radius 2 is 2.14 bits per heavy atom. The molecule has 0 radical (unpaired) electrons. The summed E-state index contributed by atoms with van der Waals surface area (Å²) in [4.78, 5) is 15.4. The van der Waals surface area contributed by atoms with E-state index in [1.807, 2.05) is 13.8 Å². The first-order valence-corrected chi connectivity index (χ1v) is 8.73. The highest BCUT2D eigenvalue weighted by atomic mass is 32.2. The van der Waals surface area contributed by atoms with E-state index >= 15 is 0 Å². The average Bonchev–Trinajstić information content (AvgIpc) is 2.72. The summed E-state index contributed by atoms with van der Waals surface area (Å²) in [5.41, 5.74) is -1.12. The number of halogens is 1. The number of carbonyl (C=O) groups excluding carboxylic acids is 1. The maximum Gasteiger partial charge on any atom is 0.265 e. The van der Waals surface area contributed by atoms with Gasteiger partial charge in [0.05, 0.1) is 17.4 Å². The minimum Gasteiger partial charge on any atom is -0.299 e. The van der Waals surface area contributed by atoms with Gasteiger partial charge in [-0.05, 0) is 36.3 Å². The normalized spacial score (nSPS) is 29.1. The van der Waals surface area contributed by atoms with E-state index in [1.165, 1.54) is 18.5 Å². The van der Waals surface area contributed by atoms with Crippen molar-refractivity contribution in [2.45, 2.75) is 33.1 Å². The lowest BCUT2D eigenvalue weighted by Gasteiger charge is -2.35. The minimum absolute atomic E-state index is 0.0152. The molecule has 3 rings (SSSR count). The van der Waals surface area contributed by atoms with Crippen molar-refractivity contribution in [3.63, 3.8) is 0 Å². The maximum atomic E-state index is 11.9. The maximum absolute atomic E-state index is 11.9. The van der Waals surface area contributed by atoms with E-state index < -0.39 is 21.3 Å². The van der Waals surface area contributed by atoms with Gasteiger partial charge in [-0.3, -0.25) is 14.3 Å². The molecule has 5 nitrogen and oxygen atoms in total. The van der Waals surface area contributed by atoms with Gasteiger partial charge in [-0.1, -0.05) is 13.8 Å². The van der Waals surface area contributed by atoms with Crippen LogP contribution in [0.5, 0.6) is 0 Å². The third kappa shape index (κ3) is 3.05. The first kappa shape index (κ1) is 17.0. The van der Waals surface area contributed by atoms with Gasteiger partial charge < -0.3 is 0 Å². The van der Waals surface area contributed by atoms with Gasteiger partial charge in [-0.15, -0.1) is 0 Å². The Kier molecular flexibility index (Phi) is 4.41. The highest BCUT2D eigenvalue weighted by Gasteiger charge is 2.65. The molecule has 1 aromatic rings. The average molecular weight is 329 g/mol. The first-order chi connectivity index (χ1) is 10.1. The number of fused-ring (bicyclic) bond motifs is 2. The van der Waals surface area contributed by atoms with E-state index in [2.05, 4.69) is 4.98 Å². The predicted octanol–water partition coefficient (Wildman–Crippen LogP) is 2.49. The van der Waals surface area contributed by atoms with Gasteiger partial charge >= 0.3 is 0 Å². The summed E-state index contributed by atoms with van der Waals surface area (Å²) in [6, 6.07) is 2.91. The Labute approximate surface area is 129 Å². The number of hydrogen-bond donors (Lipinski definition) is 1. The molecule has 0 saturated heterocycles. The van der Waals surface area contributed by atoms with Crippen LogP contribution in [0.3, 0.4) is 0 Å². The van der Waals surface area contributed by atoms with Gasteiger partial charge in [0.25, 0.3) is 10.1 Å². The molecule has 22 heavy (non-hydrogen) atoms. The van der Waals surface area contributed by atoms with Crippen LogP contribution in [-0.2, 0) is 14.9 Å². The van der Waals surface area contributed by atoms with Crippen molar-refractivity contribution in [3.8, 4) is 0 Å². The molecule has 122 valence electrons. The Morgan fingerprint density at radius 1 is 1.45 bits per heavy atom. The molecule has 1 N–H and O–H groups in total. The lowest BCUT2D eigenvalue weighted by atomic mass is 9.70. The van der Waals surface area contributed by atoms with E-state index in [0.29, 0.717) is 12.8 Å². The third-order valence-electron chi connectivity index (χ3n) is 5.19. The molecule has 0 aliphatic heterocycles. The van der Waals surface area contributed by atoms with Gasteiger partial charge in [0.2, 0.25) is 0 Å². The summed E-state index contributed by atoms with van der Waals surface area (Å²) in [5.74, 6) is -0.391. The summed E-state index contributed by atoms with van der Waals surface area (Å²) in [7, 11) is -4.08. The fraction of sp³-hybridized carbons (Fsp3) is 0.600.